The number of benzene rings is 1. The van der Waals surface area contributed by atoms with Crippen LogP contribution in [-0.2, 0) is 20.4 Å². The minimum atomic E-state index is -0.0178. The second-order valence-corrected chi connectivity index (χ2v) is 11.6. The van der Waals surface area contributed by atoms with Gasteiger partial charge in [0.1, 0.15) is 17.1 Å². The van der Waals surface area contributed by atoms with Crippen molar-refractivity contribution in [2.75, 3.05) is 39.3 Å². The van der Waals surface area contributed by atoms with Crippen molar-refractivity contribution < 1.29 is 14.7 Å². The quantitative estimate of drug-likeness (QED) is 0.561. The van der Waals surface area contributed by atoms with Gasteiger partial charge in [0, 0.05) is 45.3 Å². The van der Waals surface area contributed by atoms with Crippen LogP contribution < -0.4 is 0 Å². The third-order valence-corrected chi connectivity index (χ3v) is 6.46. The molecule has 33 heavy (non-hydrogen) atoms. The molecule has 0 bridgehead atoms. The van der Waals surface area contributed by atoms with Gasteiger partial charge in [0.25, 0.3) is 0 Å². The highest BCUT2D eigenvalue weighted by Gasteiger charge is 2.43. The maximum absolute atomic E-state index is 12.4. The first-order valence-electron chi connectivity index (χ1n) is 11.9. The van der Waals surface area contributed by atoms with E-state index >= 15 is 0 Å². The standard InChI is InChI=1S/C15H24O.C12H13N3O2/c1-10-8-11(14(2,3)4)9-12(13(10)16)15(5,6)7;16-9-7-8(13-1-2-13)12(17)11(15-5-6-15)10(9)14-3-4-14/h8-9,16H,1-7H3;7H,1-6H2. The fourth-order valence-electron chi connectivity index (χ4n) is 4.06. The van der Waals surface area contributed by atoms with Crippen LogP contribution in [0.5, 0.6) is 5.75 Å². The van der Waals surface area contributed by atoms with Gasteiger partial charge in [0.15, 0.2) is 0 Å². The Hall–Kier alpha value is -2.76. The molecule has 3 heterocycles. The molecule has 3 aliphatic heterocycles. The van der Waals surface area contributed by atoms with E-state index in [-0.39, 0.29) is 22.4 Å². The Balaban J connectivity index is 0.000000158. The lowest BCUT2D eigenvalue weighted by Gasteiger charge is -2.26. The Kier molecular flexibility index (Phi) is 5.62. The molecule has 4 aliphatic rings. The zero-order valence-corrected chi connectivity index (χ0v) is 21.1. The summed E-state index contributed by atoms with van der Waals surface area (Å²) in [6, 6.07) is 4.23. The SMILES string of the molecule is Cc1cc(C(C)(C)C)cc(C(C)(C)C)c1O.O=C1C=C(N2CC2)C(=O)C(N2CC2)=C1N1CC1. The molecule has 0 radical (unpaired) electrons. The number of hydrogen-bond acceptors (Lipinski definition) is 6. The molecule has 0 aromatic heterocycles. The Morgan fingerprint density at radius 1 is 0.758 bits per heavy atom. The second-order valence-electron chi connectivity index (χ2n) is 11.6. The van der Waals surface area contributed by atoms with Crippen LogP contribution in [0.4, 0.5) is 0 Å². The van der Waals surface area contributed by atoms with Gasteiger partial charge in [-0.25, -0.2) is 0 Å². The Morgan fingerprint density at radius 2 is 1.27 bits per heavy atom. The molecular formula is C27H37N3O3. The van der Waals surface area contributed by atoms with Crippen molar-refractivity contribution in [3.63, 3.8) is 0 Å². The highest BCUT2D eigenvalue weighted by Crippen LogP contribution is 2.37. The highest BCUT2D eigenvalue weighted by molar-refractivity contribution is 6.22. The number of ketones is 2. The normalized spacial score (nSPS) is 20.0. The Bertz CT molecular complexity index is 1060. The summed E-state index contributed by atoms with van der Waals surface area (Å²) in [4.78, 5) is 30.5. The second kappa shape index (κ2) is 7.93. The number of nitrogens with zero attached hydrogens (tertiary/aromatic N) is 3. The van der Waals surface area contributed by atoms with E-state index in [0.717, 1.165) is 50.4 Å². The van der Waals surface area contributed by atoms with Crippen molar-refractivity contribution in [2.45, 2.75) is 59.3 Å². The number of carbonyl (C=O) groups is 2. The van der Waals surface area contributed by atoms with E-state index in [4.69, 9.17) is 0 Å². The van der Waals surface area contributed by atoms with Crippen LogP contribution in [0.3, 0.4) is 0 Å². The number of hydrogen-bond donors (Lipinski definition) is 1. The first kappa shape index (κ1) is 23.4. The number of rotatable bonds is 3. The van der Waals surface area contributed by atoms with Crippen LogP contribution in [0.25, 0.3) is 0 Å². The summed E-state index contributed by atoms with van der Waals surface area (Å²) in [5.74, 6) is 0.493. The number of phenols is 1. The van der Waals surface area contributed by atoms with E-state index in [0.29, 0.717) is 22.8 Å². The molecule has 3 fully saturated rings. The van der Waals surface area contributed by atoms with Crippen LogP contribution in [0.2, 0.25) is 0 Å². The van der Waals surface area contributed by atoms with Gasteiger partial charge in [0.05, 0.1) is 5.70 Å². The van der Waals surface area contributed by atoms with Gasteiger partial charge in [0.2, 0.25) is 11.6 Å². The predicted molar refractivity (Wildman–Crippen MR) is 130 cm³/mol. The van der Waals surface area contributed by atoms with Gasteiger partial charge in [-0.3, -0.25) is 9.59 Å². The largest absolute Gasteiger partial charge is 0.507 e. The lowest BCUT2D eigenvalue weighted by molar-refractivity contribution is -0.117. The van der Waals surface area contributed by atoms with Crippen molar-refractivity contribution in [1.29, 1.82) is 0 Å². The summed E-state index contributed by atoms with van der Waals surface area (Å²) >= 11 is 0. The molecule has 6 heteroatoms. The molecule has 0 amide bonds. The monoisotopic (exact) mass is 451 g/mol. The van der Waals surface area contributed by atoms with Gasteiger partial charge in [-0.2, -0.15) is 0 Å². The summed E-state index contributed by atoms with van der Waals surface area (Å²) in [7, 11) is 0. The number of phenolic OH excluding ortho intramolecular Hbond substituents is 1. The van der Waals surface area contributed by atoms with Gasteiger partial charge in [-0.1, -0.05) is 53.7 Å². The minimum absolute atomic E-state index is 0.00546. The van der Waals surface area contributed by atoms with Crippen molar-refractivity contribution in [3.8, 4) is 5.75 Å². The zero-order valence-electron chi connectivity index (χ0n) is 21.1. The molecule has 0 saturated carbocycles. The molecule has 1 aliphatic carbocycles. The van der Waals surface area contributed by atoms with Crippen molar-refractivity contribution in [2.24, 2.45) is 0 Å². The van der Waals surface area contributed by atoms with Crippen LogP contribution in [0.15, 0.2) is 35.3 Å². The van der Waals surface area contributed by atoms with Gasteiger partial charge < -0.3 is 19.8 Å². The van der Waals surface area contributed by atoms with E-state index in [1.165, 1.54) is 11.6 Å². The van der Waals surface area contributed by atoms with Gasteiger partial charge in [-0.05, 0) is 34.4 Å². The lowest BCUT2D eigenvalue weighted by Crippen LogP contribution is -2.29. The molecule has 178 valence electrons. The fourth-order valence-corrected chi connectivity index (χ4v) is 4.06. The number of allylic oxidation sites excluding steroid dienone is 1. The maximum atomic E-state index is 12.4. The summed E-state index contributed by atoms with van der Waals surface area (Å²) in [6.45, 7) is 20.4. The fraction of sp³-hybridized carbons (Fsp3) is 0.556. The Labute approximate surface area is 197 Å². The average molecular weight is 452 g/mol. The molecule has 3 saturated heterocycles. The smallest absolute Gasteiger partial charge is 0.227 e. The summed E-state index contributed by atoms with van der Waals surface area (Å²) in [5, 5.41) is 10.1. The first-order valence-corrected chi connectivity index (χ1v) is 11.9. The number of aromatic hydroxyl groups is 1. The molecule has 0 spiro atoms. The molecular weight excluding hydrogens is 414 g/mol. The van der Waals surface area contributed by atoms with E-state index in [9.17, 15) is 14.7 Å². The average Bonchev–Trinajstić information content (AvgIpc) is 3.51. The number of aryl methyl sites for hydroxylation is 1. The van der Waals surface area contributed by atoms with Crippen molar-refractivity contribution in [1.82, 2.24) is 14.7 Å². The molecule has 1 N–H and O–H groups in total. The third kappa shape index (κ3) is 4.94. The highest BCUT2D eigenvalue weighted by atomic mass is 16.3. The topological polar surface area (TPSA) is 63.4 Å². The van der Waals surface area contributed by atoms with Crippen LogP contribution in [0.1, 0.15) is 58.2 Å². The minimum Gasteiger partial charge on any atom is -0.507 e. The third-order valence-electron chi connectivity index (χ3n) is 6.46. The first-order chi connectivity index (χ1) is 15.3. The van der Waals surface area contributed by atoms with Gasteiger partial charge >= 0.3 is 0 Å². The van der Waals surface area contributed by atoms with E-state index < -0.39 is 0 Å². The van der Waals surface area contributed by atoms with Crippen LogP contribution in [0, 0.1) is 6.92 Å². The molecule has 5 rings (SSSR count). The number of Topliss-reactive ketones (excluding diaryl/α,β-unsaturated/α-hetero) is 1. The Morgan fingerprint density at radius 3 is 1.73 bits per heavy atom. The molecule has 1 aromatic carbocycles. The van der Waals surface area contributed by atoms with E-state index in [2.05, 4.69) is 53.7 Å². The molecule has 6 nitrogen and oxygen atoms in total. The lowest BCUT2D eigenvalue weighted by atomic mass is 9.79. The molecule has 0 atom stereocenters. The summed E-state index contributed by atoms with van der Waals surface area (Å²) in [5.41, 5.74) is 5.29. The summed E-state index contributed by atoms with van der Waals surface area (Å²) < 4.78 is 0. The molecule has 0 unspecified atom stereocenters. The van der Waals surface area contributed by atoms with E-state index in [1.807, 2.05) is 21.6 Å². The predicted octanol–water partition coefficient (Wildman–Crippen LogP) is 3.48. The van der Waals surface area contributed by atoms with Crippen LogP contribution >= 0.6 is 0 Å². The number of carbonyl (C=O) groups excluding carboxylic acids is 2. The zero-order chi connectivity index (χ0) is 24.3. The molecule has 1 aromatic rings. The van der Waals surface area contributed by atoms with Crippen molar-refractivity contribution in [3.05, 3.63) is 52.0 Å². The van der Waals surface area contributed by atoms with Crippen LogP contribution in [-0.4, -0.2) is 70.6 Å². The van der Waals surface area contributed by atoms with Gasteiger partial charge in [-0.15, -0.1) is 0 Å². The summed E-state index contributed by atoms with van der Waals surface area (Å²) in [6.07, 6.45) is 1.52. The van der Waals surface area contributed by atoms with E-state index in [1.54, 1.807) is 0 Å². The maximum Gasteiger partial charge on any atom is 0.227 e. The van der Waals surface area contributed by atoms with Crippen molar-refractivity contribution >= 4 is 11.6 Å².